The van der Waals surface area contributed by atoms with E-state index in [0.29, 0.717) is 17.0 Å². The predicted octanol–water partition coefficient (Wildman–Crippen LogP) is 2.71. The molecule has 2 rings (SSSR count). The third-order valence-electron chi connectivity index (χ3n) is 3.40. The van der Waals surface area contributed by atoms with Gasteiger partial charge in [-0.25, -0.2) is 0 Å². The summed E-state index contributed by atoms with van der Waals surface area (Å²) < 4.78 is 1.83. The highest BCUT2D eigenvalue weighted by atomic mass is 35.5. The van der Waals surface area contributed by atoms with Crippen molar-refractivity contribution in [3.8, 4) is 6.07 Å². The second-order valence-electron chi connectivity index (χ2n) is 5.06. The van der Waals surface area contributed by atoms with Gasteiger partial charge in [-0.2, -0.15) is 5.26 Å². The normalized spacial score (nSPS) is 11.9. The van der Waals surface area contributed by atoms with Gasteiger partial charge in [-0.1, -0.05) is 11.6 Å². The Bertz CT molecular complexity index is 820. The van der Waals surface area contributed by atoms with E-state index in [2.05, 4.69) is 5.32 Å². The Labute approximate surface area is 133 Å². The van der Waals surface area contributed by atoms with Crippen molar-refractivity contribution in [1.82, 2.24) is 9.88 Å². The van der Waals surface area contributed by atoms with E-state index in [9.17, 15) is 9.59 Å². The number of aryl methyl sites for hydroxylation is 1. The third kappa shape index (κ3) is 3.12. The average molecular weight is 318 g/mol. The number of halogens is 1. The molecule has 0 saturated heterocycles. The monoisotopic (exact) mass is 317 g/mol. The van der Waals surface area contributed by atoms with Gasteiger partial charge in [0.05, 0.1) is 18.0 Å². The van der Waals surface area contributed by atoms with E-state index in [0.717, 1.165) is 5.52 Å². The van der Waals surface area contributed by atoms with Crippen LogP contribution in [0.5, 0.6) is 0 Å². The lowest BCUT2D eigenvalue weighted by Gasteiger charge is -2.14. The minimum absolute atomic E-state index is 0.0569. The molecule has 1 aromatic heterocycles. The Balaban J connectivity index is 2.55. The van der Waals surface area contributed by atoms with Crippen molar-refractivity contribution in [1.29, 1.82) is 5.26 Å². The van der Waals surface area contributed by atoms with E-state index in [1.807, 2.05) is 17.6 Å². The number of fused-ring (bicyclic) bond motifs is 1. The number of aromatic nitrogens is 1. The number of nitrogens with one attached hydrogen (secondary N) is 1. The van der Waals surface area contributed by atoms with Crippen molar-refractivity contribution in [3.63, 3.8) is 0 Å². The lowest BCUT2D eigenvalue weighted by Crippen LogP contribution is -2.35. The SMILES string of the molecule is CCn1cc(C(=O)N[C@@H](C)CC#N)c(=O)c2cc(Cl)ccc21. The molecule has 2 aromatic rings. The summed E-state index contributed by atoms with van der Waals surface area (Å²) in [4.78, 5) is 24.8. The molecule has 0 spiro atoms. The molecule has 0 saturated carbocycles. The fourth-order valence-electron chi connectivity index (χ4n) is 2.28. The molecule has 0 aliphatic carbocycles. The van der Waals surface area contributed by atoms with Crippen molar-refractivity contribution in [2.24, 2.45) is 0 Å². The molecular weight excluding hydrogens is 302 g/mol. The highest BCUT2D eigenvalue weighted by Crippen LogP contribution is 2.17. The van der Waals surface area contributed by atoms with Gasteiger partial charge in [0.25, 0.3) is 5.91 Å². The first kappa shape index (κ1) is 16.1. The van der Waals surface area contributed by atoms with Gasteiger partial charge in [-0.05, 0) is 32.0 Å². The molecular formula is C16H16ClN3O2. The number of nitriles is 1. The summed E-state index contributed by atoms with van der Waals surface area (Å²) in [7, 11) is 0. The summed E-state index contributed by atoms with van der Waals surface area (Å²) in [5.74, 6) is -0.475. The van der Waals surface area contributed by atoms with Crippen LogP contribution in [0.25, 0.3) is 10.9 Å². The van der Waals surface area contributed by atoms with Crippen molar-refractivity contribution >= 4 is 28.4 Å². The zero-order valence-electron chi connectivity index (χ0n) is 12.4. The van der Waals surface area contributed by atoms with Crippen molar-refractivity contribution in [2.75, 3.05) is 0 Å². The second-order valence-corrected chi connectivity index (χ2v) is 5.49. The number of nitrogens with zero attached hydrogens (tertiary/aromatic N) is 2. The van der Waals surface area contributed by atoms with Crippen LogP contribution in [0.4, 0.5) is 0 Å². The average Bonchev–Trinajstić information content (AvgIpc) is 2.48. The molecule has 0 aliphatic heterocycles. The van der Waals surface area contributed by atoms with Crippen molar-refractivity contribution in [3.05, 3.63) is 45.2 Å². The molecule has 0 fully saturated rings. The second kappa shape index (κ2) is 6.63. The summed E-state index contributed by atoms with van der Waals surface area (Å²) in [6.45, 7) is 4.27. The van der Waals surface area contributed by atoms with E-state index >= 15 is 0 Å². The molecule has 6 heteroatoms. The van der Waals surface area contributed by atoms with Crippen LogP contribution in [0.3, 0.4) is 0 Å². The molecule has 1 heterocycles. The summed E-state index contributed by atoms with van der Waals surface area (Å²) in [5, 5.41) is 12.2. The van der Waals surface area contributed by atoms with Crippen LogP contribution in [0.1, 0.15) is 30.6 Å². The molecule has 1 N–H and O–H groups in total. The highest BCUT2D eigenvalue weighted by molar-refractivity contribution is 6.31. The van der Waals surface area contributed by atoms with Gasteiger partial charge in [-0.15, -0.1) is 0 Å². The van der Waals surface area contributed by atoms with E-state index in [1.54, 1.807) is 31.3 Å². The number of amides is 1. The summed E-state index contributed by atoms with van der Waals surface area (Å²) in [6.07, 6.45) is 1.74. The molecule has 0 bridgehead atoms. The maximum atomic E-state index is 12.5. The summed E-state index contributed by atoms with van der Waals surface area (Å²) >= 11 is 5.96. The number of hydrogen-bond donors (Lipinski definition) is 1. The first-order valence-corrected chi connectivity index (χ1v) is 7.36. The Morgan fingerprint density at radius 3 is 2.86 bits per heavy atom. The number of rotatable bonds is 4. The molecule has 114 valence electrons. The molecule has 1 amide bonds. The van der Waals surface area contributed by atoms with Crippen LogP contribution >= 0.6 is 11.6 Å². The number of carbonyl (C=O) groups is 1. The quantitative estimate of drug-likeness (QED) is 0.942. The largest absolute Gasteiger partial charge is 0.348 e. The Kier molecular flexibility index (Phi) is 4.84. The fraction of sp³-hybridized carbons (Fsp3) is 0.312. The van der Waals surface area contributed by atoms with Crippen LogP contribution in [0.2, 0.25) is 5.02 Å². The zero-order chi connectivity index (χ0) is 16.3. The molecule has 0 radical (unpaired) electrons. The van der Waals surface area contributed by atoms with E-state index in [1.165, 1.54) is 0 Å². The number of pyridine rings is 1. The van der Waals surface area contributed by atoms with Crippen LogP contribution in [-0.2, 0) is 6.54 Å². The Morgan fingerprint density at radius 2 is 2.23 bits per heavy atom. The van der Waals surface area contributed by atoms with Gasteiger partial charge in [0.2, 0.25) is 5.43 Å². The van der Waals surface area contributed by atoms with E-state index in [-0.39, 0.29) is 23.5 Å². The van der Waals surface area contributed by atoms with Crippen LogP contribution < -0.4 is 10.7 Å². The molecule has 22 heavy (non-hydrogen) atoms. The van der Waals surface area contributed by atoms with Crippen LogP contribution in [0.15, 0.2) is 29.2 Å². The fourth-order valence-corrected chi connectivity index (χ4v) is 2.45. The summed E-state index contributed by atoms with van der Waals surface area (Å²) in [6, 6.07) is 6.71. The third-order valence-corrected chi connectivity index (χ3v) is 3.64. The lowest BCUT2D eigenvalue weighted by molar-refractivity contribution is 0.0939. The van der Waals surface area contributed by atoms with Crippen LogP contribution in [0, 0.1) is 11.3 Å². The molecule has 0 aliphatic rings. The topological polar surface area (TPSA) is 74.9 Å². The van der Waals surface area contributed by atoms with Gasteiger partial charge < -0.3 is 9.88 Å². The van der Waals surface area contributed by atoms with Gasteiger partial charge in [0.1, 0.15) is 5.56 Å². The molecule has 1 aromatic carbocycles. The Hall–Kier alpha value is -2.32. The molecule has 5 nitrogen and oxygen atoms in total. The minimum Gasteiger partial charge on any atom is -0.348 e. The van der Waals surface area contributed by atoms with Gasteiger partial charge in [0, 0.05) is 29.2 Å². The first-order chi connectivity index (χ1) is 10.5. The smallest absolute Gasteiger partial charge is 0.257 e. The summed E-state index contributed by atoms with van der Waals surface area (Å²) in [5.41, 5.74) is 0.434. The molecule has 0 unspecified atom stereocenters. The number of hydrogen-bond acceptors (Lipinski definition) is 3. The highest BCUT2D eigenvalue weighted by Gasteiger charge is 2.17. The number of benzene rings is 1. The lowest BCUT2D eigenvalue weighted by atomic mass is 10.1. The van der Waals surface area contributed by atoms with Crippen LogP contribution in [-0.4, -0.2) is 16.5 Å². The maximum Gasteiger partial charge on any atom is 0.257 e. The first-order valence-electron chi connectivity index (χ1n) is 6.98. The predicted molar refractivity (Wildman–Crippen MR) is 86.1 cm³/mol. The standard InChI is InChI=1S/C16H16ClN3O2/c1-3-20-9-13(16(22)19-10(2)6-7-18)15(21)12-8-11(17)4-5-14(12)20/h4-5,8-10H,3,6H2,1-2H3,(H,19,22)/t10-/m0/s1. The van der Waals surface area contributed by atoms with Gasteiger partial charge >= 0.3 is 0 Å². The van der Waals surface area contributed by atoms with Gasteiger partial charge in [-0.3, -0.25) is 9.59 Å². The van der Waals surface area contributed by atoms with E-state index in [4.69, 9.17) is 16.9 Å². The minimum atomic E-state index is -0.475. The number of carbonyl (C=O) groups excluding carboxylic acids is 1. The Morgan fingerprint density at radius 1 is 1.50 bits per heavy atom. The van der Waals surface area contributed by atoms with Gasteiger partial charge in [0.15, 0.2) is 0 Å². The van der Waals surface area contributed by atoms with Crippen molar-refractivity contribution < 1.29 is 4.79 Å². The maximum absolute atomic E-state index is 12.5. The van der Waals surface area contributed by atoms with Crippen molar-refractivity contribution in [2.45, 2.75) is 32.9 Å². The zero-order valence-corrected chi connectivity index (χ0v) is 13.1. The molecule has 1 atom stereocenters. The van der Waals surface area contributed by atoms with E-state index < -0.39 is 5.91 Å².